The van der Waals surface area contributed by atoms with E-state index in [9.17, 15) is 4.79 Å². The summed E-state index contributed by atoms with van der Waals surface area (Å²) in [5.74, 6) is -0.412. The molecule has 0 aliphatic rings. The largest absolute Gasteiger partial charge is 0.469 e. The molecule has 0 fully saturated rings. The predicted molar refractivity (Wildman–Crippen MR) is 36.8 cm³/mol. The van der Waals surface area contributed by atoms with Gasteiger partial charge in [-0.05, 0) is 6.92 Å². The lowest BCUT2D eigenvalue weighted by molar-refractivity contribution is -0.145. The van der Waals surface area contributed by atoms with E-state index in [0.717, 1.165) is 0 Å². The fourth-order valence-electron chi connectivity index (χ4n) is 0.414. The molecular formula is C5H11O3P. The zero-order chi connectivity index (χ0) is 7.28. The van der Waals surface area contributed by atoms with Gasteiger partial charge in [0.25, 0.3) is 0 Å². The van der Waals surface area contributed by atoms with Crippen molar-refractivity contribution in [2.24, 2.45) is 5.92 Å². The molecular weight excluding hydrogens is 139 g/mol. The van der Waals surface area contributed by atoms with Crippen LogP contribution in [0.25, 0.3) is 0 Å². The summed E-state index contributed by atoms with van der Waals surface area (Å²) < 4.78 is 9.08. The average molecular weight is 150 g/mol. The molecule has 2 atom stereocenters. The number of hydrogen-bond acceptors (Lipinski definition) is 3. The van der Waals surface area contributed by atoms with Gasteiger partial charge in [0.1, 0.15) is 0 Å². The number of carbonyl (C=O) groups is 1. The van der Waals surface area contributed by atoms with Crippen LogP contribution in [0.1, 0.15) is 6.92 Å². The van der Waals surface area contributed by atoms with Gasteiger partial charge in [-0.2, -0.15) is 0 Å². The van der Waals surface area contributed by atoms with Crippen molar-refractivity contribution in [3.05, 3.63) is 0 Å². The van der Waals surface area contributed by atoms with Gasteiger partial charge < -0.3 is 9.26 Å². The highest BCUT2D eigenvalue weighted by atomic mass is 31.0. The molecule has 0 N–H and O–H groups in total. The summed E-state index contributed by atoms with van der Waals surface area (Å²) in [6.45, 7) is 2.13. The van der Waals surface area contributed by atoms with Gasteiger partial charge in [0, 0.05) is 9.47 Å². The van der Waals surface area contributed by atoms with Crippen molar-refractivity contribution in [3.63, 3.8) is 0 Å². The Morgan fingerprint density at radius 2 is 2.33 bits per heavy atom. The summed E-state index contributed by atoms with van der Waals surface area (Å²) in [5.41, 5.74) is 0. The van der Waals surface area contributed by atoms with E-state index in [1.54, 1.807) is 6.92 Å². The van der Waals surface area contributed by atoms with E-state index < -0.39 is 0 Å². The van der Waals surface area contributed by atoms with Crippen LogP contribution < -0.4 is 0 Å². The second-order valence-electron chi connectivity index (χ2n) is 1.76. The van der Waals surface area contributed by atoms with Crippen LogP contribution in [0.5, 0.6) is 0 Å². The number of esters is 1. The van der Waals surface area contributed by atoms with Crippen molar-refractivity contribution in [1.82, 2.24) is 0 Å². The van der Waals surface area contributed by atoms with Gasteiger partial charge in [-0.3, -0.25) is 4.79 Å². The molecule has 0 aromatic heterocycles. The summed E-state index contributed by atoms with van der Waals surface area (Å²) in [4.78, 5) is 10.6. The molecule has 0 amide bonds. The molecule has 4 heteroatoms. The van der Waals surface area contributed by atoms with Crippen LogP contribution in [0.2, 0.25) is 0 Å². The van der Waals surface area contributed by atoms with Gasteiger partial charge in [0.05, 0.1) is 19.6 Å². The first-order valence-corrected chi connectivity index (χ1v) is 3.09. The van der Waals surface area contributed by atoms with Gasteiger partial charge in [0.15, 0.2) is 0 Å². The SMILES string of the molecule is COC(=O)C(C)COP. The summed E-state index contributed by atoms with van der Waals surface area (Å²) in [6, 6.07) is 0. The summed E-state index contributed by atoms with van der Waals surface area (Å²) >= 11 is 0. The van der Waals surface area contributed by atoms with Crippen molar-refractivity contribution >= 4 is 15.4 Å². The molecule has 54 valence electrons. The average Bonchev–Trinajstić information content (AvgIpc) is 1.87. The molecule has 0 heterocycles. The van der Waals surface area contributed by atoms with Crippen LogP contribution in [0, 0.1) is 5.92 Å². The van der Waals surface area contributed by atoms with Gasteiger partial charge in [0.2, 0.25) is 0 Å². The van der Waals surface area contributed by atoms with Gasteiger partial charge in [-0.15, -0.1) is 0 Å². The predicted octanol–water partition coefficient (Wildman–Crippen LogP) is 0.602. The summed E-state index contributed by atoms with van der Waals surface area (Å²) in [5, 5.41) is 0. The Bertz CT molecular complexity index is 94.2. The number of ether oxygens (including phenoxy) is 1. The molecule has 0 aromatic rings. The third kappa shape index (κ3) is 3.44. The maximum absolute atomic E-state index is 10.6. The summed E-state index contributed by atoms with van der Waals surface area (Å²) in [7, 11) is 3.44. The Morgan fingerprint density at radius 3 is 2.67 bits per heavy atom. The molecule has 0 radical (unpaired) electrons. The first-order valence-electron chi connectivity index (χ1n) is 2.62. The highest BCUT2D eigenvalue weighted by Crippen LogP contribution is 2.00. The molecule has 0 saturated carbocycles. The summed E-state index contributed by atoms with van der Waals surface area (Å²) in [6.07, 6.45) is 0. The van der Waals surface area contributed by atoms with E-state index in [0.29, 0.717) is 6.61 Å². The Hall–Kier alpha value is -0.140. The lowest BCUT2D eigenvalue weighted by Gasteiger charge is -2.05. The maximum atomic E-state index is 10.6. The van der Waals surface area contributed by atoms with E-state index in [2.05, 4.69) is 18.7 Å². The first-order chi connectivity index (χ1) is 4.22. The highest BCUT2D eigenvalue weighted by Gasteiger charge is 2.11. The maximum Gasteiger partial charge on any atom is 0.310 e. The third-order valence-electron chi connectivity index (χ3n) is 0.950. The molecule has 9 heavy (non-hydrogen) atoms. The molecule has 0 bridgehead atoms. The van der Waals surface area contributed by atoms with E-state index in [-0.39, 0.29) is 11.9 Å². The monoisotopic (exact) mass is 150 g/mol. The molecule has 2 unspecified atom stereocenters. The van der Waals surface area contributed by atoms with E-state index >= 15 is 0 Å². The van der Waals surface area contributed by atoms with Crippen molar-refractivity contribution in [3.8, 4) is 0 Å². The van der Waals surface area contributed by atoms with Crippen LogP contribution in [-0.4, -0.2) is 19.7 Å². The van der Waals surface area contributed by atoms with Crippen molar-refractivity contribution in [2.75, 3.05) is 13.7 Å². The number of rotatable bonds is 3. The zero-order valence-corrected chi connectivity index (χ0v) is 6.74. The highest BCUT2D eigenvalue weighted by molar-refractivity contribution is 7.09. The van der Waals surface area contributed by atoms with E-state index in [1.807, 2.05) is 0 Å². The van der Waals surface area contributed by atoms with Crippen LogP contribution in [0.4, 0.5) is 0 Å². The third-order valence-corrected chi connectivity index (χ3v) is 1.14. The normalized spacial score (nSPS) is 12.8. The van der Waals surface area contributed by atoms with E-state index in [4.69, 9.17) is 0 Å². The standard InChI is InChI=1S/C5H11O3P/c1-4(3-8-9)5(6)7-2/h4H,3,9H2,1-2H3. The molecule has 0 spiro atoms. The Labute approximate surface area is 57.0 Å². The fourth-order valence-corrected chi connectivity index (χ4v) is 0.702. The fraction of sp³-hybridized carbons (Fsp3) is 0.800. The Kier molecular flexibility index (Phi) is 4.64. The molecule has 0 rings (SSSR count). The second-order valence-corrected chi connectivity index (χ2v) is 2.09. The molecule has 0 aliphatic heterocycles. The Balaban J connectivity index is 3.45. The lowest BCUT2D eigenvalue weighted by atomic mass is 10.2. The number of carbonyl (C=O) groups excluding carboxylic acids is 1. The molecule has 0 saturated heterocycles. The zero-order valence-electron chi connectivity index (χ0n) is 5.59. The minimum Gasteiger partial charge on any atom is -0.469 e. The van der Waals surface area contributed by atoms with Gasteiger partial charge >= 0.3 is 5.97 Å². The van der Waals surface area contributed by atoms with Crippen LogP contribution >= 0.6 is 9.47 Å². The molecule has 3 nitrogen and oxygen atoms in total. The number of hydrogen-bond donors (Lipinski definition) is 0. The van der Waals surface area contributed by atoms with Crippen LogP contribution in [-0.2, 0) is 14.1 Å². The minimum atomic E-state index is -0.238. The van der Waals surface area contributed by atoms with Gasteiger partial charge in [-0.1, -0.05) is 0 Å². The van der Waals surface area contributed by atoms with Gasteiger partial charge in [-0.25, -0.2) is 0 Å². The second kappa shape index (κ2) is 4.71. The lowest BCUT2D eigenvalue weighted by Crippen LogP contribution is -2.16. The topological polar surface area (TPSA) is 35.5 Å². The van der Waals surface area contributed by atoms with Crippen LogP contribution in [0.15, 0.2) is 0 Å². The van der Waals surface area contributed by atoms with Crippen LogP contribution in [0.3, 0.4) is 0 Å². The smallest absolute Gasteiger partial charge is 0.310 e. The molecule has 0 aromatic carbocycles. The van der Waals surface area contributed by atoms with Crippen molar-refractivity contribution < 1.29 is 14.1 Å². The first kappa shape index (κ1) is 8.86. The van der Waals surface area contributed by atoms with Crippen molar-refractivity contribution in [2.45, 2.75) is 6.92 Å². The number of methoxy groups -OCH3 is 1. The quantitative estimate of drug-likeness (QED) is 0.436. The Morgan fingerprint density at radius 1 is 1.78 bits per heavy atom. The van der Waals surface area contributed by atoms with E-state index in [1.165, 1.54) is 7.11 Å². The minimum absolute atomic E-state index is 0.174. The van der Waals surface area contributed by atoms with Crippen molar-refractivity contribution in [1.29, 1.82) is 0 Å². The molecule has 0 aliphatic carbocycles.